The second-order valence-electron chi connectivity index (χ2n) is 1.97. The van der Waals surface area contributed by atoms with E-state index in [0.717, 1.165) is 0 Å². The van der Waals surface area contributed by atoms with Crippen LogP contribution in [0.4, 0.5) is 0 Å². The van der Waals surface area contributed by atoms with Gasteiger partial charge in [0, 0.05) is 5.25 Å². The van der Waals surface area contributed by atoms with Crippen molar-refractivity contribution in [2.24, 2.45) is 5.10 Å². The van der Waals surface area contributed by atoms with Crippen molar-refractivity contribution in [1.29, 1.82) is 0 Å². The molecule has 0 saturated heterocycles. The van der Waals surface area contributed by atoms with Gasteiger partial charge in [0.2, 0.25) is 4.38 Å². The van der Waals surface area contributed by atoms with Gasteiger partial charge in [0.05, 0.1) is 5.10 Å². The fourth-order valence-electron chi connectivity index (χ4n) is 0.381. The summed E-state index contributed by atoms with van der Waals surface area (Å²) in [6.45, 7) is 3.94. The Kier molecular flexibility index (Phi) is 5.31. The maximum atomic E-state index is 9.94. The van der Waals surface area contributed by atoms with Crippen molar-refractivity contribution in [3.8, 4) is 0 Å². The lowest BCUT2D eigenvalue weighted by atomic mass is 10.6. The molecule has 64 valence electrons. The minimum atomic E-state index is -0.665. The van der Waals surface area contributed by atoms with E-state index in [9.17, 15) is 10.1 Å². The number of hydrogen-bond donors (Lipinski definition) is 0. The summed E-state index contributed by atoms with van der Waals surface area (Å²) in [7, 11) is 0. The average molecular weight is 194 g/mol. The van der Waals surface area contributed by atoms with Crippen molar-refractivity contribution in [3.05, 3.63) is 10.1 Å². The molecule has 0 saturated carbocycles. The Hall–Kier alpha value is -0.230. The first-order chi connectivity index (χ1) is 5.06. The van der Waals surface area contributed by atoms with Gasteiger partial charge in [0.1, 0.15) is 0 Å². The third kappa shape index (κ3) is 6.18. The molecule has 0 N–H and O–H groups in total. The fraction of sp³-hybridized carbons (Fsp3) is 0.800. The predicted molar refractivity (Wildman–Crippen MR) is 50.7 cm³/mol. The van der Waals surface area contributed by atoms with Crippen LogP contribution in [0.25, 0.3) is 0 Å². The molecule has 11 heavy (non-hydrogen) atoms. The molecule has 0 bridgehead atoms. The summed E-state index contributed by atoms with van der Waals surface area (Å²) in [5.41, 5.74) is 0. The van der Waals surface area contributed by atoms with Crippen LogP contribution in [0, 0.1) is 10.1 Å². The normalized spacial score (nSPS) is 12.2. The van der Waals surface area contributed by atoms with Gasteiger partial charge in [-0.15, -0.1) is 0 Å². The zero-order valence-corrected chi connectivity index (χ0v) is 8.24. The van der Waals surface area contributed by atoms with Crippen LogP contribution < -0.4 is 0 Å². The van der Waals surface area contributed by atoms with Gasteiger partial charge < -0.3 is 0 Å². The van der Waals surface area contributed by atoms with Crippen LogP contribution in [0.2, 0.25) is 0 Å². The SMILES string of the molecule is CSC(=N[N+](=O)[O-])SC(C)C. The topological polar surface area (TPSA) is 55.5 Å². The summed E-state index contributed by atoms with van der Waals surface area (Å²) in [5.74, 6) is 0. The lowest BCUT2D eigenvalue weighted by Crippen LogP contribution is -1.97. The smallest absolute Gasteiger partial charge is 0.203 e. The number of hydrazone groups is 1. The first-order valence-electron chi connectivity index (χ1n) is 3.00. The van der Waals surface area contributed by atoms with Crippen LogP contribution in [0.1, 0.15) is 13.8 Å². The highest BCUT2D eigenvalue weighted by molar-refractivity contribution is 8.38. The fourth-order valence-corrected chi connectivity index (χ4v) is 2.01. The van der Waals surface area contributed by atoms with Gasteiger partial charge in [0.25, 0.3) is 0 Å². The van der Waals surface area contributed by atoms with Crippen LogP contribution in [0.3, 0.4) is 0 Å². The monoisotopic (exact) mass is 194 g/mol. The van der Waals surface area contributed by atoms with Gasteiger partial charge in [0.15, 0.2) is 5.03 Å². The molecular formula is C5H10N2O2S2. The number of thioether (sulfide) groups is 2. The Labute approximate surface area is 74.0 Å². The Bertz CT molecular complexity index is 170. The van der Waals surface area contributed by atoms with Gasteiger partial charge in [-0.25, -0.2) is 10.1 Å². The van der Waals surface area contributed by atoms with Crippen LogP contribution in [0.5, 0.6) is 0 Å². The van der Waals surface area contributed by atoms with Gasteiger partial charge in [-0.1, -0.05) is 37.4 Å². The molecule has 0 aliphatic heterocycles. The standard InChI is InChI=1S/C5H10N2O2S2/c1-4(2)11-5(10-3)6-7(8)9/h4H,1-3H3. The van der Waals surface area contributed by atoms with Crippen LogP contribution >= 0.6 is 23.5 Å². The van der Waals surface area contributed by atoms with E-state index in [2.05, 4.69) is 5.10 Å². The Balaban J connectivity index is 4.05. The lowest BCUT2D eigenvalue weighted by molar-refractivity contribution is -0.484. The van der Waals surface area contributed by atoms with Crippen LogP contribution in [-0.2, 0) is 0 Å². The molecule has 0 unspecified atom stereocenters. The van der Waals surface area contributed by atoms with E-state index >= 15 is 0 Å². The zero-order valence-electron chi connectivity index (χ0n) is 6.60. The zero-order chi connectivity index (χ0) is 8.85. The van der Waals surface area contributed by atoms with Gasteiger partial charge in [-0.2, -0.15) is 0 Å². The summed E-state index contributed by atoms with van der Waals surface area (Å²) in [6, 6.07) is 0. The van der Waals surface area contributed by atoms with E-state index in [-0.39, 0.29) is 0 Å². The van der Waals surface area contributed by atoms with Crippen molar-refractivity contribution in [3.63, 3.8) is 0 Å². The predicted octanol–water partition coefficient (Wildman–Crippen LogP) is 2.04. The molecule has 0 heterocycles. The van der Waals surface area contributed by atoms with Crippen LogP contribution in [-0.4, -0.2) is 20.9 Å². The number of nitro groups is 1. The first-order valence-corrected chi connectivity index (χ1v) is 5.10. The quantitative estimate of drug-likeness (QED) is 0.292. The number of rotatable bonds is 2. The van der Waals surface area contributed by atoms with E-state index in [1.165, 1.54) is 23.5 Å². The number of hydrogen-bond acceptors (Lipinski definition) is 4. The minimum Gasteiger partial charge on any atom is -0.233 e. The van der Waals surface area contributed by atoms with E-state index in [1.807, 2.05) is 13.8 Å². The summed E-state index contributed by atoms with van der Waals surface area (Å²) in [5, 5.41) is 12.8. The third-order valence-corrected chi connectivity index (χ3v) is 2.65. The summed E-state index contributed by atoms with van der Waals surface area (Å²) in [6.07, 6.45) is 1.78. The van der Waals surface area contributed by atoms with Gasteiger partial charge >= 0.3 is 0 Å². The molecular weight excluding hydrogens is 184 g/mol. The van der Waals surface area contributed by atoms with Gasteiger partial charge in [-0.05, 0) is 6.26 Å². The average Bonchev–Trinajstić information content (AvgIpc) is 1.84. The molecule has 0 aliphatic carbocycles. The molecule has 0 aliphatic rings. The number of nitrogens with zero attached hydrogens (tertiary/aromatic N) is 2. The highest BCUT2D eigenvalue weighted by Crippen LogP contribution is 2.19. The van der Waals surface area contributed by atoms with E-state index < -0.39 is 5.03 Å². The molecule has 0 aromatic rings. The minimum absolute atomic E-state index is 0.334. The van der Waals surface area contributed by atoms with Crippen molar-refractivity contribution in [1.82, 2.24) is 0 Å². The van der Waals surface area contributed by atoms with E-state index in [4.69, 9.17) is 0 Å². The molecule has 0 amide bonds. The first kappa shape index (κ1) is 10.8. The van der Waals surface area contributed by atoms with Crippen molar-refractivity contribution >= 4 is 27.9 Å². The maximum Gasteiger partial charge on any atom is 0.203 e. The van der Waals surface area contributed by atoms with Crippen molar-refractivity contribution in [2.45, 2.75) is 19.1 Å². The van der Waals surface area contributed by atoms with E-state index in [0.29, 0.717) is 9.63 Å². The third-order valence-electron chi connectivity index (χ3n) is 0.674. The molecule has 0 rings (SSSR count). The molecule has 0 aromatic heterocycles. The molecule has 0 spiro atoms. The second kappa shape index (κ2) is 5.42. The second-order valence-corrected chi connectivity index (χ2v) is 4.59. The highest BCUT2D eigenvalue weighted by Gasteiger charge is 2.06. The molecule has 0 fully saturated rings. The van der Waals surface area contributed by atoms with E-state index in [1.54, 1.807) is 6.26 Å². The Morgan fingerprint density at radius 2 is 2.18 bits per heavy atom. The molecule has 6 heteroatoms. The molecule has 0 atom stereocenters. The van der Waals surface area contributed by atoms with Crippen molar-refractivity contribution < 1.29 is 5.03 Å². The van der Waals surface area contributed by atoms with Crippen LogP contribution in [0.15, 0.2) is 5.10 Å². The summed E-state index contributed by atoms with van der Waals surface area (Å²) >= 11 is 2.70. The maximum absolute atomic E-state index is 9.94. The molecule has 0 radical (unpaired) electrons. The van der Waals surface area contributed by atoms with Gasteiger partial charge in [-0.3, -0.25) is 0 Å². The lowest BCUT2D eigenvalue weighted by Gasteiger charge is -2.00. The molecule has 0 aromatic carbocycles. The Morgan fingerprint density at radius 1 is 1.64 bits per heavy atom. The summed E-state index contributed by atoms with van der Waals surface area (Å²) < 4.78 is 0.505. The molecule has 4 nitrogen and oxygen atoms in total. The largest absolute Gasteiger partial charge is 0.233 e. The summed E-state index contributed by atoms with van der Waals surface area (Å²) in [4.78, 5) is 9.94. The highest BCUT2D eigenvalue weighted by atomic mass is 32.2. The Morgan fingerprint density at radius 3 is 2.45 bits per heavy atom. The van der Waals surface area contributed by atoms with Crippen molar-refractivity contribution in [2.75, 3.05) is 6.26 Å².